The minimum atomic E-state index is -0.344. The summed E-state index contributed by atoms with van der Waals surface area (Å²) in [5, 5.41) is 9.72. The second kappa shape index (κ2) is 7.56. The van der Waals surface area contributed by atoms with E-state index in [1.165, 1.54) is 0 Å². The van der Waals surface area contributed by atoms with Crippen LogP contribution in [0.15, 0.2) is 41.8 Å². The molecule has 0 saturated carbocycles. The van der Waals surface area contributed by atoms with E-state index in [9.17, 15) is 5.26 Å². The zero-order chi connectivity index (χ0) is 19.7. The molecule has 6 nitrogen and oxygen atoms in total. The van der Waals surface area contributed by atoms with Crippen LogP contribution in [0.5, 0.6) is 17.2 Å². The third-order valence-electron chi connectivity index (χ3n) is 4.51. The van der Waals surface area contributed by atoms with E-state index in [0.29, 0.717) is 22.8 Å². The Kier molecular flexibility index (Phi) is 5.37. The Labute approximate surface area is 172 Å². The average Bonchev–Trinajstić information content (AvgIpc) is 2.65. The monoisotopic (exact) mass is 477 g/mol. The second-order valence-electron chi connectivity index (χ2n) is 6.28. The van der Waals surface area contributed by atoms with Gasteiger partial charge in [-0.2, -0.15) is 5.26 Å². The zero-order valence-corrected chi connectivity index (χ0v) is 17.7. The maximum atomic E-state index is 9.72. The minimum Gasteiger partial charge on any atom is -0.493 e. The molecule has 27 heavy (non-hydrogen) atoms. The second-order valence-corrected chi connectivity index (χ2v) is 7.44. The highest BCUT2D eigenvalue weighted by Crippen LogP contribution is 2.46. The first-order valence-electron chi connectivity index (χ1n) is 8.21. The summed E-state index contributed by atoms with van der Waals surface area (Å²) in [5.41, 5.74) is 9.22. The normalized spacial score (nSPS) is 15.5. The van der Waals surface area contributed by atoms with Crippen LogP contribution in [0.2, 0.25) is 0 Å². The molecule has 2 aromatic rings. The van der Waals surface area contributed by atoms with Crippen molar-refractivity contribution in [2.75, 3.05) is 33.2 Å². The number of methoxy groups -OCH3 is 2. The summed E-state index contributed by atoms with van der Waals surface area (Å²) in [7, 11) is 7.11. The maximum Gasteiger partial charge on any atom is 0.205 e. The van der Waals surface area contributed by atoms with Gasteiger partial charge in [0.25, 0.3) is 0 Å². The molecule has 1 aliphatic rings. The number of nitriles is 1. The van der Waals surface area contributed by atoms with Gasteiger partial charge in [0, 0.05) is 31.4 Å². The topological polar surface area (TPSA) is 80.7 Å². The fraction of sp³-hybridized carbons (Fsp3) is 0.250. The zero-order valence-electron chi connectivity index (χ0n) is 15.5. The summed E-state index contributed by atoms with van der Waals surface area (Å²) >= 11 is 2.20. The van der Waals surface area contributed by atoms with E-state index >= 15 is 0 Å². The van der Waals surface area contributed by atoms with E-state index in [1.807, 2.05) is 49.3 Å². The third-order valence-corrected chi connectivity index (χ3v) is 5.31. The molecule has 2 N–H and O–H groups in total. The molecule has 140 valence electrons. The Balaban J connectivity index is 2.23. The number of anilines is 1. The molecular weight excluding hydrogens is 457 g/mol. The number of halogens is 1. The highest BCUT2D eigenvalue weighted by molar-refractivity contribution is 14.1. The smallest absolute Gasteiger partial charge is 0.205 e. The number of allylic oxidation sites excluding steroid dienone is 1. The van der Waals surface area contributed by atoms with Crippen molar-refractivity contribution in [1.29, 1.82) is 5.26 Å². The Bertz CT molecular complexity index is 964. The highest BCUT2D eigenvalue weighted by atomic mass is 127. The van der Waals surface area contributed by atoms with Crippen molar-refractivity contribution in [1.82, 2.24) is 0 Å². The van der Waals surface area contributed by atoms with Crippen LogP contribution >= 0.6 is 22.6 Å². The van der Waals surface area contributed by atoms with Gasteiger partial charge < -0.3 is 24.8 Å². The molecule has 0 fully saturated rings. The van der Waals surface area contributed by atoms with Crippen LogP contribution in [0.25, 0.3) is 0 Å². The molecule has 0 saturated heterocycles. The van der Waals surface area contributed by atoms with Crippen LogP contribution in [0, 0.1) is 14.9 Å². The van der Waals surface area contributed by atoms with E-state index in [0.717, 1.165) is 20.4 Å². The lowest BCUT2D eigenvalue weighted by molar-refractivity contribution is 0.352. The molecule has 1 aliphatic heterocycles. The molecule has 0 aromatic heterocycles. The van der Waals surface area contributed by atoms with Crippen LogP contribution in [-0.4, -0.2) is 28.3 Å². The van der Waals surface area contributed by atoms with Gasteiger partial charge in [-0.3, -0.25) is 0 Å². The lowest BCUT2D eigenvalue weighted by Crippen LogP contribution is -2.21. The van der Waals surface area contributed by atoms with Crippen molar-refractivity contribution in [3.8, 4) is 23.3 Å². The first-order chi connectivity index (χ1) is 12.9. The molecule has 1 unspecified atom stereocenters. The van der Waals surface area contributed by atoms with E-state index in [-0.39, 0.29) is 11.8 Å². The lowest BCUT2D eigenvalue weighted by atomic mass is 9.83. The molecule has 0 amide bonds. The fourth-order valence-corrected chi connectivity index (χ4v) is 4.02. The quantitative estimate of drug-likeness (QED) is 0.679. The van der Waals surface area contributed by atoms with Crippen molar-refractivity contribution in [3.63, 3.8) is 0 Å². The van der Waals surface area contributed by atoms with Gasteiger partial charge >= 0.3 is 0 Å². The van der Waals surface area contributed by atoms with Crippen LogP contribution in [0.1, 0.15) is 17.0 Å². The van der Waals surface area contributed by atoms with Gasteiger partial charge in [-0.25, -0.2) is 0 Å². The lowest BCUT2D eigenvalue weighted by Gasteiger charge is -2.28. The number of rotatable bonds is 4. The molecule has 1 atom stereocenters. The van der Waals surface area contributed by atoms with Gasteiger partial charge in [0.1, 0.15) is 17.4 Å². The first kappa shape index (κ1) is 19.2. The van der Waals surface area contributed by atoms with Crippen molar-refractivity contribution >= 4 is 28.3 Å². The van der Waals surface area contributed by atoms with Crippen LogP contribution in [0.3, 0.4) is 0 Å². The van der Waals surface area contributed by atoms with Gasteiger partial charge in [-0.15, -0.1) is 0 Å². The molecular formula is C20H20IN3O3. The van der Waals surface area contributed by atoms with E-state index in [4.69, 9.17) is 19.9 Å². The highest BCUT2D eigenvalue weighted by Gasteiger charge is 2.32. The Hall–Kier alpha value is -2.60. The van der Waals surface area contributed by atoms with Crippen molar-refractivity contribution in [2.45, 2.75) is 5.92 Å². The molecule has 1 heterocycles. The molecule has 0 radical (unpaired) electrons. The van der Waals surface area contributed by atoms with Crippen LogP contribution in [0.4, 0.5) is 5.69 Å². The summed E-state index contributed by atoms with van der Waals surface area (Å²) < 4.78 is 17.6. The maximum absolute atomic E-state index is 9.72. The number of hydrogen-bond acceptors (Lipinski definition) is 6. The predicted molar refractivity (Wildman–Crippen MR) is 112 cm³/mol. The summed E-state index contributed by atoms with van der Waals surface area (Å²) in [6.07, 6.45) is 0. The van der Waals surface area contributed by atoms with Crippen LogP contribution in [-0.2, 0) is 0 Å². The number of ether oxygens (including phenoxy) is 3. The van der Waals surface area contributed by atoms with E-state index < -0.39 is 0 Å². The number of benzene rings is 2. The van der Waals surface area contributed by atoms with Crippen molar-refractivity contribution in [2.24, 2.45) is 5.73 Å². The summed E-state index contributed by atoms with van der Waals surface area (Å²) in [6, 6.07) is 12.0. The van der Waals surface area contributed by atoms with Gasteiger partial charge in [-0.05, 0) is 46.4 Å². The molecule has 0 spiro atoms. The Morgan fingerprint density at radius 1 is 1.19 bits per heavy atom. The van der Waals surface area contributed by atoms with Gasteiger partial charge in [-0.1, -0.05) is 6.07 Å². The first-order valence-corrected chi connectivity index (χ1v) is 9.29. The molecule has 0 bridgehead atoms. The number of fused-ring (bicyclic) bond motifs is 1. The van der Waals surface area contributed by atoms with Crippen molar-refractivity contribution in [3.05, 3.63) is 56.5 Å². The minimum absolute atomic E-state index is 0.121. The standard InChI is InChI=1S/C20H20IN3O3/c1-24(2)12-5-6-13-16(9-12)27-20(23)14(10-22)18(13)11-7-15(21)19(26-4)17(8-11)25-3/h5-9,18H,23H2,1-4H3. The van der Waals surface area contributed by atoms with Gasteiger partial charge in [0.05, 0.1) is 23.7 Å². The molecule has 0 aliphatic carbocycles. The summed E-state index contributed by atoms with van der Waals surface area (Å²) in [5.74, 6) is 1.69. The largest absolute Gasteiger partial charge is 0.493 e. The number of nitrogens with zero attached hydrogens (tertiary/aromatic N) is 2. The summed E-state index contributed by atoms with van der Waals surface area (Å²) in [4.78, 5) is 1.98. The van der Waals surface area contributed by atoms with Crippen molar-refractivity contribution < 1.29 is 14.2 Å². The van der Waals surface area contributed by atoms with Gasteiger partial charge in [0.2, 0.25) is 5.88 Å². The number of nitrogens with two attached hydrogens (primary N) is 1. The summed E-state index contributed by atoms with van der Waals surface area (Å²) in [6.45, 7) is 0. The fourth-order valence-electron chi connectivity index (χ4n) is 3.17. The molecule has 3 rings (SSSR count). The van der Waals surface area contributed by atoms with Crippen LogP contribution < -0.4 is 24.8 Å². The van der Waals surface area contributed by atoms with E-state index in [1.54, 1.807) is 14.2 Å². The molecule has 7 heteroatoms. The average molecular weight is 477 g/mol. The predicted octanol–water partition coefficient (Wildman–Crippen LogP) is 3.59. The Morgan fingerprint density at radius 3 is 2.52 bits per heavy atom. The van der Waals surface area contributed by atoms with Gasteiger partial charge in [0.15, 0.2) is 11.5 Å². The third kappa shape index (κ3) is 3.37. The molecule has 2 aromatic carbocycles. The Morgan fingerprint density at radius 2 is 1.93 bits per heavy atom. The van der Waals surface area contributed by atoms with E-state index in [2.05, 4.69) is 28.7 Å². The number of hydrogen-bond donors (Lipinski definition) is 1. The SMILES string of the molecule is COc1cc(C2C(C#N)=C(N)Oc3cc(N(C)C)ccc32)cc(I)c1OC.